The van der Waals surface area contributed by atoms with Crippen molar-refractivity contribution in [3.05, 3.63) is 35.6 Å². The number of methoxy groups -OCH3 is 1. The lowest BCUT2D eigenvalue weighted by Crippen LogP contribution is -2.52. The summed E-state index contributed by atoms with van der Waals surface area (Å²) in [6, 6.07) is 5.67. The second-order valence-corrected chi connectivity index (χ2v) is 5.35. The largest absolute Gasteiger partial charge is 0.383 e. The van der Waals surface area contributed by atoms with Gasteiger partial charge in [-0.1, -0.05) is 6.07 Å². The number of carbonyl (C=O) groups excluding carboxylic acids is 2. The van der Waals surface area contributed by atoms with Gasteiger partial charge in [-0.3, -0.25) is 9.59 Å². The highest BCUT2D eigenvalue weighted by Gasteiger charge is 2.24. The van der Waals surface area contributed by atoms with Crippen molar-refractivity contribution in [2.45, 2.75) is 0 Å². The van der Waals surface area contributed by atoms with E-state index in [0.717, 1.165) is 0 Å². The Bertz CT molecular complexity index is 545. The number of nitrogens with one attached hydrogen (secondary N) is 1. The third-order valence-corrected chi connectivity index (χ3v) is 3.75. The molecule has 0 aliphatic carbocycles. The Morgan fingerprint density at radius 3 is 2.57 bits per heavy atom. The van der Waals surface area contributed by atoms with Crippen molar-refractivity contribution in [2.24, 2.45) is 0 Å². The fourth-order valence-electron chi connectivity index (χ4n) is 2.44. The van der Waals surface area contributed by atoms with E-state index in [9.17, 15) is 14.0 Å². The fourth-order valence-corrected chi connectivity index (χ4v) is 2.44. The number of carbonyl (C=O) groups is 2. The van der Waals surface area contributed by atoms with E-state index in [4.69, 9.17) is 4.74 Å². The Morgan fingerprint density at radius 1 is 1.22 bits per heavy atom. The van der Waals surface area contributed by atoms with Gasteiger partial charge in [-0.05, 0) is 18.2 Å². The monoisotopic (exact) mass is 323 g/mol. The van der Waals surface area contributed by atoms with Crippen molar-refractivity contribution in [3.8, 4) is 0 Å². The van der Waals surface area contributed by atoms with Gasteiger partial charge in [-0.25, -0.2) is 4.39 Å². The average Bonchev–Trinajstić information content (AvgIpc) is 2.58. The van der Waals surface area contributed by atoms with Gasteiger partial charge in [0, 0.05) is 45.4 Å². The van der Waals surface area contributed by atoms with Crippen LogP contribution in [-0.2, 0) is 9.53 Å². The van der Waals surface area contributed by atoms with Crippen LogP contribution in [0.5, 0.6) is 0 Å². The maximum atomic E-state index is 13.2. The molecule has 1 N–H and O–H groups in total. The van der Waals surface area contributed by atoms with Crippen LogP contribution >= 0.6 is 0 Å². The van der Waals surface area contributed by atoms with Crippen LogP contribution in [-0.4, -0.2) is 74.6 Å². The lowest BCUT2D eigenvalue weighted by Gasteiger charge is -2.35. The number of nitrogens with zero attached hydrogens (tertiary/aromatic N) is 2. The van der Waals surface area contributed by atoms with Gasteiger partial charge in [0.05, 0.1) is 13.2 Å². The molecular formula is C16H22FN3O3. The highest BCUT2D eigenvalue weighted by Crippen LogP contribution is 2.10. The standard InChI is InChI=1S/C16H22FN3O3/c1-23-10-5-18-12-15(21)19-6-8-20(9-7-19)16(22)13-3-2-4-14(17)11-13/h2-4,11,18H,5-10,12H2,1H3. The fraction of sp³-hybridized carbons (Fsp3) is 0.500. The molecule has 1 heterocycles. The molecule has 23 heavy (non-hydrogen) atoms. The molecule has 126 valence electrons. The minimum Gasteiger partial charge on any atom is -0.383 e. The van der Waals surface area contributed by atoms with Gasteiger partial charge in [0.2, 0.25) is 5.91 Å². The van der Waals surface area contributed by atoms with Crippen LogP contribution < -0.4 is 5.32 Å². The number of benzene rings is 1. The van der Waals surface area contributed by atoms with Crippen LogP contribution in [0.1, 0.15) is 10.4 Å². The SMILES string of the molecule is COCCNCC(=O)N1CCN(C(=O)c2cccc(F)c2)CC1. The van der Waals surface area contributed by atoms with Gasteiger partial charge in [-0.2, -0.15) is 0 Å². The molecule has 2 amide bonds. The molecule has 6 nitrogen and oxygen atoms in total. The number of rotatable bonds is 6. The number of halogens is 1. The molecule has 7 heteroatoms. The molecule has 1 aromatic carbocycles. The maximum absolute atomic E-state index is 13.2. The molecule has 1 fully saturated rings. The average molecular weight is 323 g/mol. The van der Waals surface area contributed by atoms with E-state index < -0.39 is 5.82 Å². The molecule has 0 unspecified atom stereocenters. The van der Waals surface area contributed by atoms with E-state index in [1.54, 1.807) is 23.0 Å². The van der Waals surface area contributed by atoms with Crippen molar-refractivity contribution >= 4 is 11.8 Å². The van der Waals surface area contributed by atoms with E-state index in [1.807, 2.05) is 0 Å². The number of piperazine rings is 1. The van der Waals surface area contributed by atoms with E-state index >= 15 is 0 Å². The Labute approximate surface area is 135 Å². The quantitative estimate of drug-likeness (QED) is 0.767. The van der Waals surface area contributed by atoms with Crippen LogP contribution in [0.25, 0.3) is 0 Å². The third-order valence-electron chi connectivity index (χ3n) is 3.75. The van der Waals surface area contributed by atoms with Crippen molar-refractivity contribution in [1.29, 1.82) is 0 Å². The first-order valence-corrected chi connectivity index (χ1v) is 7.64. The summed E-state index contributed by atoms with van der Waals surface area (Å²) in [5.74, 6) is -0.611. The van der Waals surface area contributed by atoms with Gasteiger partial charge in [-0.15, -0.1) is 0 Å². The molecule has 1 aliphatic rings. The lowest BCUT2D eigenvalue weighted by atomic mass is 10.1. The number of hydrogen-bond acceptors (Lipinski definition) is 4. The molecule has 2 rings (SSSR count). The van der Waals surface area contributed by atoms with Crippen LogP contribution in [0.2, 0.25) is 0 Å². The second kappa shape index (κ2) is 8.59. The molecule has 0 saturated carbocycles. The molecule has 1 saturated heterocycles. The maximum Gasteiger partial charge on any atom is 0.254 e. The Hall–Kier alpha value is -1.99. The normalized spacial score (nSPS) is 14.9. The zero-order valence-electron chi connectivity index (χ0n) is 13.3. The summed E-state index contributed by atoms with van der Waals surface area (Å²) in [6.45, 7) is 3.35. The summed E-state index contributed by atoms with van der Waals surface area (Å²) < 4.78 is 18.1. The first kappa shape index (κ1) is 17.4. The first-order valence-electron chi connectivity index (χ1n) is 7.64. The molecule has 0 atom stereocenters. The minimum atomic E-state index is -0.424. The summed E-state index contributed by atoms with van der Waals surface area (Å²) in [6.07, 6.45) is 0. The molecule has 1 aliphatic heterocycles. The van der Waals surface area contributed by atoms with E-state index in [2.05, 4.69) is 5.32 Å². The summed E-state index contributed by atoms with van der Waals surface area (Å²) in [5.41, 5.74) is 0.339. The molecule has 0 bridgehead atoms. The highest BCUT2D eigenvalue weighted by molar-refractivity contribution is 5.94. The predicted octanol–water partition coefficient (Wildman–Crippen LogP) is 0.346. The molecular weight excluding hydrogens is 301 g/mol. The Balaban J connectivity index is 1.79. The summed E-state index contributed by atoms with van der Waals surface area (Å²) in [5, 5.41) is 3.01. The van der Waals surface area contributed by atoms with Crippen molar-refractivity contribution in [3.63, 3.8) is 0 Å². The van der Waals surface area contributed by atoms with Gasteiger partial charge in [0.15, 0.2) is 0 Å². The zero-order valence-corrected chi connectivity index (χ0v) is 13.3. The second-order valence-electron chi connectivity index (χ2n) is 5.35. The smallest absolute Gasteiger partial charge is 0.254 e. The van der Waals surface area contributed by atoms with Gasteiger partial charge >= 0.3 is 0 Å². The highest BCUT2D eigenvalue weighted by atomic mass is 19.1. The first-order chi connectivity index (χ1) is 11.1. The van der Waals surface area contributed by atoms with Crippen LogP contribution in [0, 0.1) is 5.82 Å². The van der Waals surface area contributed by atoms with Crippen molar-refractivity contribution in [1.82, 2.24) is 15.1 Å². The zero-order chi connectivity index (χ0) is 16.7. The predicted molar refractivity (Wildman–Crippen MR) is 83.6 cm³/mol. The summed E-state index contributed by atoms with van der Waals surface area (Å²) in [7, 11) is 1.61. The molecule has 0 spiro atoms. The molecule has 0 aromatic heterocycles. The summed E-state index contributed by atoms with van der Waals surface area (Å²) >= 11 is 0. The van der Waals surface area contributed by atoms with Crippen LogP contribution in [0.3, 0.4) is 0 Å². The number of ether oxygens (including phenoxy) is 1. The third kappa shape index (κ3) is 5.01. The van der Waals surface area contributed by atoms with E-state index in [-0.39, 0.29) is 18.4 Å². The van der Waals surface area contributed by atoms with Gasteiger partial charge in [0.25, 0.3) is 5.91 Å². The van der Waals surface area contributed by atoms with Gasteiger partial charge in [0.1, 0.15) is 5.82 Å². The minimum absolute atomic E-state index is 0.0129. The lowest BCUT2D eigenvalue weighted by molar-refractivity contribution is -0.131. The van der Waals surface area contributed by atoms with Crippen molar-refractivity contribution < 1.29 is 18.7 Å². The van der Waals surface area contributed by atoms with E-state index in [1.165, 1.54) is 18.2 Å². The number of amides is 2. The Morgan fingerprint density at radius 2 is 1.91 bits per heavy atom. The molecule has 1 aromatic rings. The summed E-state index contributed by atoms with van der Waals surface area (Å²) in [4.78, 5) is 27.7. The van der Waals surface area contributed by atoms with Gasteiger partial charge < -0.3 is 19.9 Å². The van der Waals surface area contributed by atoms with Crippen LogP contribution in [0.4, 0.5) is 4.39 Å². The molecule has 0 radical (unpaired) electrons. The van der Waals surface area contributed by atoms with E-state index in [0.29, 0.717) is 44.9 Å². The van der Waals surface area contributed by atoms with Crippen LogP contribution in [0.15, 0.2) is 24.3 Å². The Kier molecular flexibility index (Phi) is 6.49. The number of hydrogen-bond donors (Lipinski definition) is 1. The topological polar surface area (TPSA) is 61.9 Å². The van der Waals surface area contributed by atoms with Crippen molar-refractivity contribution in [2.75, 3.05) is 53.0 Å².